The fraction of sp³-hybridized carbons (Fsp3) is 0.0526. The number of methoxy groups -OCH3 is 1. The molecule has 6 rings (SSSR count). The van der Waals surface area contributed by atoms with E-state index in [2.05, 4.69) is 51.5 Å². The lowest BCUT2D eigenvalue weighted by Gasteiger charge is -2.15. The average Bonchev–Trinajstić information content (AvgIpc) is 3.57. The van der Waals surface area contributed by atoms with E-state index >= 15 is 0 Å². The molecule has 9 nitrogen and oxygen atoms in total. The average molecular weight is 623 g/mol. The largest absolute Gasteiger partial charge is 0.493 e. The van der Waals surface area contributed by atoms with Crippen molar-refractivity contribution in [1.82, 2.24) is 9.99 Å². The molecule has 47 heavy (non-hydrogen) atoms. The Morgan fingerprint density at radius 3 is 1.98 bits per heavy atom. The second-order valence-corrected chi connectivity index (χ2v) is 10.5. The Balaban J connectivity index is 1.13. The Morgan fingerprint density at radius 1 is 0.787 bits per heavy atom. The van der Waals surface area contributed by atoms with Gasteiger partial charge in [0.1, 0.15) is 6.61 Å². The highest BCUT2D eigenvalue weighted by molar-refractivity contribution is 5.95. The third-order valence-electron chi connectivity index (χ3n) is 7.52. The minimum absolute atomic E-state index is 0.0193. The minimum atomic E-state index is -0.444. The van der Waals surface area contributed by atoms with Crippen molar-refractivity contribution in [2.75, 3.05) is 7.11 Å². The Labute approximate surface area is 271 Å². The third kappa shape index (κ3) is 7.10. The molecule has 0 bridgehead atoms. The fourth-order valence-electron chi connectivity index (χ4n) is 5.13. The number of nitrogens with one attached hydrogen (secondary N) is 1. The molecule has 5 aromatic carbocycles. The number of nitrogens with zero attached hydrogens (tertiary/aromatic N) is 3. The smallest absolute Gasteiger partial charge is 0.271 e. The van der Waals surface area contributed by atoms with Gasteiger partial charge in [0, 0.05) is 23.4 Å². The molecule has 0 saturated carbocycles. The Morgan fingerprint density at radius 2 is 1.40 bits per heavy atom. The van der Waals surface area contributed by atoms with Crippen LogP contribution in [-0.2, 0) is 6.61 Å². The second-order valence-electron chi connectivity index (χ2n) is 10.5. The Kier molecular flexibility index (Phi) is 9.15. The van der Waals surface area contributed by atoms with Crippen LogP contribution < -0.4 is 14.9 Å². The van der Waals surface area contributed by atoms with Gasteiger partial charge in [-0.3, -0.25) is 14.9 Å². The zero-order valence-corrected chi connectivity index (χ0v) is 25.4. The van der Waals surface area contributed by atoms with Gasteiger partial charge >= 0.3 is 0 Å². The molecule has 0 fully saturated rings. The molecule has 0 aliphatic carbocycles. The topological polar surface area (TPSA) is 108 Å². The van der Waals surface area contributed by atoms with Crippen molar-refractivity contribution in [2.45, 2.75) is 6.61 Å². The minimum Gasteiger partial charge on any atom is -0.493 e. The zero-order chi connectivity index (χ0) is 32.6. The molecule has 232 valence electrons. The predicted molar refractivity (Wildman–Crippen MR) is 182 cm³/mol. The van der Waals surface area contributed by atoms with Crippen LogP contribution in [0.25, 0.3) is 28.2 Å². The number of non-ortho nitro benzene ring substituents is 1. The van der Waals surface area contributed by atoms with E-state index in [9.17, 15) is 14.9 Å². The highest BCUT2D eigenvalue weighted by Gasteiger charge is 2.15. The summed E-state index contributed by atoms with van der Waals surface area (Å²) in [4.78, 5) is 23.4. The van der Waals surface area contributed by atoms with Crippen LogP contribution in [0.3, 0.4) is 0 Å². The number of amides is 1. The van der Waals surface area contributed by atoms with Gasteiger partial charge in [-0.1, -0.05) is 60.7 Å². The molecule has 1 amide bonds. The summed E-state index contributed by atoms with van der Waals surface area (Å²) in [7, 11) is 1.53. The lowest BCUT2D eigenvalue weighted by molar-refractivity contribution is -0.384. The van der Waals surface area contributed by atoms with Gasteiger partial charge in [0.15, 0.2) is 11.5 Å². The van der Waals surface area contributed by atoms with Gasteiger partial charge < -0.3 is 14.0 Å². The molecule has 0 spiro atoms. The quantitative estimate of drug-likeness (QED) is 0.0893. The third-order valence-corrected chi connectivity index (χ3v) is 7.52. The first-order valence-corrected chi connectivity index (χ1v) is 14.8. The van der Waals surface area contributed by atoms with Crippen LogP contribution in [0.15, 0.2) is 145 Å². The number of rotatable bonds is 11. The van der Waals surface area contributed by atoms with E-state index in [0.717, 1.165) is 33.8 Å². The number of ether oxygens (including phenoxy) is 2. The van der Waals surface area contributed by atoms with Crippen molar-refractivity contribution >= 4 is 17.8 Å². The van der Waals surface area contributed by atoms with Crippen LogP contribution >= 0.6 is 0 Å². The second kappa shape index (κ2) is 14.1. The van der Waals surface area contributed by atoms with Gasteiger partial charge in [0.25, 0.3) is 11.6 Å². The molecule has 0 radical (unpaired) electrons. The Bertz CT molecular complexity index is 1960. The maximum atomic E-state index is 13.0. The highest BCUT2D eigenvalue weighted by atomic mass is 16.6. The van der Waals surface area contributed by atoms with E-state index in [1.807, 2.05) is 48.5 Å². The lowest BCUT2D eigenvalue weighted by Crippen LogP contribution is -2.17. The van der Waals surface area contributed by atoms with E-state index in [4.69, 9.17) is 9.47 Å². The van der Waals surface area contributed by atoms with Gasteiger partial charge in [-0.05, 0) is 89.0 Å². The van der Waals surface area contributed by atoms with Crippen molar-refractivity contribution in [3.63, 3.8) is 0 Å². The first-order valence-electron chi connectivity index (χ1n) is 14.8. The van der Waals surface area contributed by atoms with Crippen molar-refractivity contribution in [2.24, 2.45) is 5.10 Å². The van der Waals surface area contributed by atoms with Crippen LogP contribution in [0, 0.1) is 10.1 Å². The molecule has 0 atom stereocenters. The number of carbonyl (C=O) groups excluding carboxylic acids is 1. The number of hydrogen-bond acceptors (Lipinski definition) is 6. The molecular formula is C38H30N4O5. The first-order chi connectivity index (χ1) is 23.0. The van der Waals surface area contributed by atoms with Crippen LogP contribution in [0.2, 0.25) is 0 Å². The molecule has 0 aliphatic rings. The standard InChI is InChI=1S/C38H30N4O5/c1-46-37-24-28(14-23-36(37)47-26-27-12-17-33(18-13-27)42(44)45)25-39-40-38(43)31-15-19-32(20-16-31)41-34(29-8-4-2-5-9-29)21-22-35(41)30-10-6-3-7-11-30/h2-25H,26H2,1H3,(H,40,43)/b39-25-. The van der Waals surface area contributed by atoms with Crippen LogP contribution in [-0.4, -0.2) is 28.7 Å². The number of nitro groups is 1. The summed E-state index contributed by atoms with van der Waals surface area (Å²) in [6, 6.07) is 43.5. The van der Waals surface area contributed by atoms with Gasteiger partial charge in [-0.2, -0.15) is 5.10 Å². The van der Waals surface area contributed by atoms with E-state index in [0.29, 0.717) is 22.6 Å². The molecule has 1 aromatic heterocycles. The molecular weight excluding hydrogens is 592 g/mol. The number of hydrogen-bond donors (Lipinski definition) is 1. The van der Waals surface area contributed by atoms with Crippen LogP contribution in [0.5, 0.6) is 11.5 Å². The predicted octanol–water partition coefficient (Wildman–Crippen LogP) is 8.07. The summed E-state index contributed by atoms with van der Waals surface area (Å²) in [5, 5.41) is 15.0. The highest BCUT2D eigenvalue weighted by Crippen LogP contribution is 2.33. The van der Waals surface area contributed by atoms with Crippen molar-refractivity contribution in [3.05, 3.63) is 166 Å². The van der Waals surface area contributed by atoms with Crippen LogP contribution in [0.4, 0.5) is 5.69 Å². The maximum absolute atomic E-state index is 13.0. The molecule has 1 heterocycles. The lowest BCUT2D eigenvalue weighted by atomic mass is 10.1. The number of carbonyl (C=O) groups is 1. The molecule has 6 aromatic rings. The number of nitro benzene ring substituents is 1. The van der Waals surface area contributed by atoms with Gasteiger partial charge in [0.2, 0.25) is 0 Å². The van der Waals surface area contributed by atoms with Gasteiger partial charge in [-0.15, -0.1) is 0 Å². The first kappa shape index (κ1) is 30.5. The van der Waals surface area contributed by atoms with Crippen molar-refractivity contribution in [3.8, 4) is 39.7 Å². The van der Waals surface area contributed by atoms with Crippen molar-refractivity contribution < 1.29 is 19.2 Å². The molecule has 0 aliphatic heterocycles. The summed E-state index contributed by atoms with van der Waals surface area (Å²) in [6.07, 6.45) is 1.52. The number of aromatic nitrogens is 1. The summed E-state index contributed by atoms with van der Waals surface area (Å²) < 4.78 is 13.5. The number of hydrazone groups is 1. The summed E-state index contributed by atoms with van der Waals surface area (Å²) >= 11 is 0. The van der Waals surface area contributed by atoms with E-state index in [1.165, 1.54) is 25.5 Å². The molecule has 0 saturated heterocycles. The van der Waals surface area contributed by atoms with Gasteiger partial charge in [0.05, 0.1) is 29.6 Å². The zero-order valence-electron chi connectivity index (χ0n) is 25.4. The van der Waals surface area contributed by atoms with Crippen LogP contribution in [0.1, 0.15) is 21.5 Å². The molecule has 1 N–H and O–H groups in total. The Hall–Kier alpha value is -6.48. The normalized spacial score (nSPS) is 10.9. The van der Waals surface area contributed by atoms with Crippen molar-refractivity contribution in [1.29, 1.82) is 0 Å². The summed E-state index contributed by atoms with van der Waals surface area (Å²) in [5.41, 5.74) is 9.74. The van der Waals surface area contributed by atoms with E-state index in [1.54, 1.807) is 42.5 Å². The summed E-state index contributed by atoms with van der Waals surface area (Å²) in [5.74, 6) is 0.634. The number of benzene rings is 5. The van der Waals surface area contributed by atoms with Gasteiger partial charge in [-0.25, -0.2) is 5.43 Å². The maximum Gasteiger partial charge on any atom is 0.271 e. The fourth-order valence-corrected chi connectivity index (χ4v) is 5.13. The molecule has 0 unspecified atom stereocenters. The summed E-state index contributed by atoms with van der Waals surface area (Å²) in [6.45, 7) is 0.210. The SMILES string of the molecule is COc1cc(/C=N\NC(=O)c2ccc(-n3c(-c4ccccc4)ccc3-c3ccccc3)cc2)ccc1OCc1ccc([N+](=O)[O-])cc1. The van der Waals surface area contributed by atoms with E-state index < -0.39 is 4.92 Å². The van der Waals surface area contributed by atoms with E-state index in [-0.39, 0.29) is 18.2 Å². The monoisotopic (exact) mass is 622 g/mol. The molecule has 9 heteroatoms.